The number of hydrogen-bond donors (Lipinski definition) is 2. The van der Waals surface area contributed by atoms with E-state index in [1.54, 1.807) is 23.6 Å². The minimum atomic E-state index is 0.292. The van der Waals surface area contributed by atoms with Gasteiger partial charge in [-0.05, 0) is 28.5 Å². The lowest BCUT2D eigenvalue weighted by molar-refractivity contribution is 1.10. The predicted octanol–water partition coefficient (Wildman–Crippen LogP) is 1.73. The molecule has 0 bridgehead atoms. The van der Waals surface area contributed by atoms with Crippen LogP contribution in [0.3, 0.4) is 0 Å². The number of nitrogens with one attached hydrogen (secondary N) is 1. The Kier molecular flexibility index (Phi) is 2.60. The standard InChI is InChI=1S/C9H10N4S/c10-9-11-3-1-8(13-9)12-5-7-2-4-14-6-7/h1-4,6H,5H2,(H3,10,11,12,13). The van der Waals surface area contributed by atoms with E-state index in [4.69, 9.17) is 5.73 Å². The monoisotopic (exact) mass is 206 g/mol. The molecule has 0 saturated carbocycles. The highest BCUT2D eigenvalue weighted by Crippen LogP contribution is 2.09. The van der Waals surface area contributed by atoms with Gasteiger partial charge in [0, 0.05) is 12.7 Å². The Morgan fingerprint density at radius 2 is 2.36 bits per heavy atom. The normalized spacial score (nSPS) is 10.0. The number of aromatic nitrogens is 2. The van der Waals surface area contributed by atoms with Gasteiger partial charge in [0.25, 0.3) is 0 Å². The molecule has 72 valence electrons. The topological polar surface area (TPSA) is 63.8 Å². The average Bonchev–Trinajstić information content (AvgIpc) is 2.67. The van der Waals surface area contributed by atoms with Gasteiger partial charge in [-0.15, -0.1) is 0 Å². The smallest absolute Gasteiger partial charge is 0.221 e. The highest BCUT2D eigenvalue weighted by atomic mass is 32.1. The van der Waals surface area contributed by atoms with Crippen molar-refractivity contribution in [3.63, 3.8) is 0 Å². The quantitative estimate of drug-likeness (QED) is 0.802. The van der Waals surface area contributed by atoms with Gasteiger partial charge >= 0.3 is 0 Å². The summed E-state index contributed by atoms with van der Waals surface area (Å²) in [6.45, 7) is 0.764. The Morgan fingerprint density at radius 3 is 3.07 bits per heavy atom. The van der Waals surface area contributed by atoms with Crippen molar-refractivity contribution in [3.05, 3.63) is 34.7 Å². The summed E-state index contributed by atoms with van der Waals surface area (Å²) in [5.74, 6) is 1.05. The van der Waals surface area contributed by atoms with Gasteiger partial charge in [0.1, 0.15) is 5.82 Å². The Balaban J connectivity index is 1.98. The molecule has 0 unspecified atom stereocenters. The number of nitrogens with two attached hydrogens (primary N) is 1. The number of nitrogens with zero attached hydrogens (tertiary/aromatic N) is 2. The lowest BCUT2D eigenvalue weighted by atomic mass is 10.3. The van der Waals surface area contributed by atoms with Gasteiger partial charge < -0.3 is 11.1 Å². The van der Waals surface area contributed by atoms with Gasteiger partial charge in [0.15, 0.2) is 0 Å². The minimum Gasteiger partial charge on any atom is -0.368 e. The first-order chi connectivity index (χ1) is 6.84. The number of rotatable bonds is 3. The number of nitrogen functional groups attached to an aromatic ring is 1. The van der Waals surface area contributed by atoms with Crippen LogP contribution in [0.4, 0.5) is 11.8 Å². The molecule has 2 rings (SSSR count). The number of hydrogen-bond acceptors (Lipinski definition) is 5. The zero-order valence-electron chi connectivity index (χ0n) is 7.47. The third kappa shape index (κ3) is 2.20. The highest BCUT2D eigenvalue weighted by Gasteiger charge is 1.96. The molecule has 0 saturated heterocycles. The molecule has 14 heavy (non-hydrogen) atoms. The molecule has 0 aliphatic carbocycles. The van der Waals surface area contributed by atoms with Crippen LogP contribution in [0, 0.1) is 0 Å². The molecule has 0 fully saturated rings. The lowest BCUT2D eigenvalue weighted by Gasteiger charge is -2.03. The molecule has 3 N–H and O–H groups in total. The third-order valence-electron chi connectivity index (χ3n) is 1.73. The van der Waals surface area contributed by atoms with Crippen LogP contribution < -0.4 is 11.1 Å². The molecule has 0 aliphatic heterocycles. The second kappa shape index (κ2) is 4.06. The summed E-state index contributed by atoms with van der Waals surface area (Å²) in [4.78, 5) is 7.85. The van der Waals surface area contributed by atoms with Gasteiger partial charge in [0.2, 0.25) is 5.95 Å². The number of anilines is 2. The van der Waals surface area contributed by atoms with Crippen LogP contribution in [0.5, 0.6) is 0 Å². The summed E-state index contributed by atoms with van der Waals surface area (Å²) in [6.07, 6.45) is 1.64. The molecule has 2 aromatic rings. The van der Waals surface area contributed by atoms with Crippen molar-refractivity contribution in [1.82, 2.24) is 9.97 Å². The Morgan fingerprint density at radius 1 is 1.43 bits per heavy atom. The molecule has 5 heteroatoms. The molecule has 2 aromatic heterocycles. The number of thiophene rings is 1. The van der Waals surface area contributed by atoms with Crippen molar-refractivity contribution in [2.24, 2.45) is 0 Å². The maximum absolute atomic E-state index is 5.45. The Hall–Kier alpha value is -1.62. The molecule has 0 spiro atoms. The van der Waals surface area contributed by atoms with Crippen molar-refractivity contribution >= 4 is 23.1 Å². The fourth-order valence-electron chi connectivity index (χ4n) is 1.06. The van der Waals surface area contributed by atoms with Crippen LogP contribution in [-0.4, -0.2) is 9.97 Å². The highest BCUT2D eigenvalue weighted by molar-refractivity contribution is 7.07. The zero-order chi connectivity index (χ0) is 9.80. The fourth-order valence-corrected chi connectivity index (χ4v) is 1.73. The van der Waals surface area contributed by atoms with E-state index in [0.29, 0.717) is 5.95 Å². The van der Waals surface area contributed by atoms with Gasteiger partial charge in [0.05, 0.1) is 0 Å². The molecule has 0 atom stereocenters. The molecular weight excluding hydrogens is 196 g/mol. The van der Waals surface area contributed by atoms with Gasteiger partial charge in [-0.25, -0.2) is 4.98 Å². The summed E-state index contributed by atoms with van der Waals surface area (Å²) in [5.41, 5.74) is 6.69. The van der Waals surface area contributed by atoms with E-state index in [2.05, 4.69) is 26.7 Å². The van der Waals surface area contributed by atoms with Crippen molar-refractivity contribution in [1.29, 1.82) is 0 Å². The van der Waals surface area contributed by atoms with Crippen molar-refractivity contribution in [2.75, 3.05) is 11.1 Å². The summed E-state index contributed by atoms with van der Waals surface area (Å²) >= 11 is 1.68. The summed E-state index contributed by atoms with van der Waals surface area (Å²) in [6, 6.07) is 3.87. The van der Waals surface area contributed by atoms with Crippen molar-refractivity contribution in [3.8, 4) is 0 Å². The average molecular weight is 206 g/mol. The van der Waals surface area contributed by atoms with E-state index in [-0.39, 0.29) is 0 Å². The minimum absolute atomic E-state index is 0.292. The van der Waals surface area contributed by atoms with Gasteiger partial charge in [-0.3, -0.25) is 0 Å². The van der Waals surface area contributed by atoms with Gasteiger partial charge in [-0.1, -0.05) is 0 Å². The maximum Gasteiger partial charge on any atom is 0.221 e. The Bertz CT molecular complexity index is 399. The fraction of sp³-hybridized carbons (Fsp3) is 0.111. The molecule has 2 heterocycles. The van der Waals surface area contributed by atoms with Gasteiger partial charge in [-0.2, -0.15) is 16.3 Å². The van der Waals surface area contributed by atoms with Crippen LogP contribution in [0.15, 0.2) is 29.1 Å². The summed E-state index contributed by atoms with van der Waals surface area (Å²) in [5, 5.41) is 7.31. The molecular formula is C9H10N4S. The van der Waals surface area contributed by atoms with E-state index in [1.165, 1.54) is 5.56 Å². The first-order valence-electron chi connectivity index (χ1n) is 4.18. The zero-order valence-corrected chi connectivity index (χ0v) is 8.29. The first-order valence-corrected chi connectivity index (χ1v) is 5.12. The van der Waals surface area contributed by atoms with Crippen LogP contribution in [-0.2, 0) is 6.54 Å². The van der Waals surface area contributed by atoms with Crippen LogP contribution >= 0.6 is 11.3 Å². The third-order valence-corrected chi connectivity index (χ3v) is 2.46. The lowest BCUT2D eigenvalue weighted by Crippen LogP contribution is -2.02. The molecule has 0 amide bonds. The van der Waals surface area contributed by atoms with E-state index in [9.17, 15) is 0 Å². The van der Waals surface area contributed by atoms with E-state index in [0.717, 1.165) is 12.4 Å². The second-order valence-electron chi connectivity index (χ2n) is 2.79. The molecule has 0 aromatic carbocycles. The summed E-state index contributed by atoms with van der Waals surface area (Å²) < 4.78 is 0. The summed E-state index contributed by atoms with van der Waals surface area (Å²) in [7, 11) is 0. The molecule has 4 nitrogen and oxygen atoms in total. The van der Waals surface area contributed by atoms with E-state index in [1.807, 2.05) is 5.38 Å². The van der Waals surface area contributed by atoms with Crippen LogP contribution in [0.25, 0.3) is 0 Å². The second-order valence-corrected chi connectivity index (χ2v) is 3.57. The van der Waals surface area contributed by atoms with E-state index < -0.39 is 0 Å². The largest absolute Gasteiger partial charge is 0.368 e. The molecule has 0 radical (unpaired) electrons. The predicted molar refractivity (Wildman–Crippen MR) is 58.1 cm³/mol. The Labute approximate surface area is 85.8 Å². The van der Waals surface area contributed by atoms with Crippen molar-refractivity contribution in [2.45, 2.75) is 6.54 Å². The van der Waals surface area contributed by atoms with Crippen LogP contribution in [0.2, 0.25) is 0 Å². The van der Waals surface area contributed by atoms with E-state index >= 15 is 0 Å². The van der Waals surface area contributed by atoms with Crippen LogP contribution in [0.1, 0.15) is 5.56 Å². The SMILES string of the molecule is Nc1nccc(NCc2ccsc2)n1. The van der Waals surface area contributed by atoms with Crippen molar-refractivity contribution < 1.29 is 0 Å². The maximum atomic E-state index is 5.45. The molecule has 0 aliphatic rings. The first kappa shape index (κ1) is 8.96.